The number of nitrogens with zero attached hydrogens (tertiary/aromatic N) is 5. The minimum atomic E-state index is -0.492. The number of benzene rings is 2. The number of carbonyl (C=O) groups is 1. The standard InChI is InChI=1S/C26H23Cl2N5O3S/c1-16-24(29-15-32(16)13-17-2-5-20(27)6-3-17)26(34)31-10-8-18(9-11-31)25-30-22(14-37-25)19-4-7-21(28)23(12-19)33(35)36/h2-7,12,14-15,18H,8-11,13H2,1H3. The first-order valence-corrected chi connectivity index (χ1v) is 13.4. The Morgan fingerprint density at radius 1 is 1.16 bits per heavy atom. The molecule has 0 spiro atoms. The van der Waals surface area contributed by atoms with Gasteiger partial charge in [-0.1, -0.05) is 41.4 Å². The number of imidazole rings is 1. The summed E-state index contributed by atoms with van der Waals surface area (Å²) in [6.07, 6.45) is 3.30. The van der Waals surface area contributed by atoms with Crippen molar-refractivity contribution in [1.29, 1.82) is 0 Å². The zero-order valence-corrected chi connectivity index (χ0v) is 22.3. The van der Waals surface area contributed by atoms with Crippen molar-refractivity contribution < 1.29 is 9.72 Å². The maximum atomic E-state index is 13.2. The normalized spacial score (nSPS) is 14.2. The fraction of sp³-hybridized carbons (Fsp3) is 0.269. The topological polar surface area (TPSA) is 94.2 Å². The summed E-state index contributed by atoms with van der Waals surface area (Å²) in [5.74, 6) is 0.174. The summed E-state index contributed by atoms with van der Waals surface area (Å²) in [7, 11) is 0. The molecular formula is C26H23Cl2N5O3S. The SMILES string of the molecule is Cc1c(C(=O)N2CCC(c3nc(-c4ccc(Cl)c([N+](=O)[O-])c4)cs3)CC2)ncn1Cc1ccc(Cl)cc1. The highest BCUT2D eigenvalue weighted by Gasteiger charge is 2.28. The van der Waals surface area contributed by atoms with Crippen molar-refractivity contribution in [1.82, 2.24) is 19.4 Å². The molecule has 1 aliphatic rings. The first kappa shape index (κ1) is 25.4. The van der Waals surface area contributed by atoms with E-state index in [2.05, 4.69) is 4.98 Å². The second-order valence-electron chi connectivity index (χ2n) is 8.99. The van der Waals surface area contributed by atoms with E-state index in [9.17, 15) is 14.9 Å². The van der Waals surface area contributed by atoms with E-state index in [1.54, 1.807) is 23.7 Å². The lowest BCUT2D eigenvalue weighted by molar-refractivity contribution is -0.384. The molecule has 11 heteroatoms. The van der Waals surface area contributed by atoms with Gasteiger partial charge >= 0.3 is 0 Å². The number of hydrogen-bond donors (Lipinski definition) is 0. The van der Waals surface area contributed by atoms with E-state index in [1.165, 1.54) is 12.1 Å². The van der Waals surface area contributed by atoms with Gasteiger partial charge < -0.3 is 9.47 Å². The third kappa shape index (κ3) is 5.39. The van der Waals surface area contributed by atoms with Crippen LogP contribution in [0.1, 0.15) is 45.5 Å². The van der Waals surface area contributed by atoms with Gasteiger partial charge in [0.05, 0.1) is 22.0 Å². The quantitative estimate of drug-likeness (QED) is 0.197. The molecule has 190 valence electrons. The Hall–Kier alpha value is -3.27. The van der Waals surface area contributed by atoms with Crippen LogP contribution in [0, 0.1) is 17.0 Å². The van der Waals surface area contributed by atoms with Gasteiger partial charge in [0.25, 0.3) is 11.6 Å². The minimum absolute atomic E-state index is 0.0564. The van der Waals surface area contributed by atoms with Gasteiger partial charge in [-0.15, -0.1) is 11.3 Å². The Bertz CT molecular complexity index is 1460. The number of likely N-dealkylation sites (tertiary alicyclic amines) is 1. The second kappa shape index (κ2) is 10.6. The molecule has 0 unspecified atom stereocenters. The van der Waals surface area contributed by atoms with Gasteiger partial charge in [-0.25, -0.2) is 9.97 Å². The number of carbonyl (C=O) groups excluding carboxylic acids is 1. The number of nitro groups is 1. The number of hydrogen-bond acceptors (Lipinski definition) is 6. The number of aromatic nitrogens is 3. The smallest absolute Gasteiger partial charge is 0.288 e. The summed E-state index contributed by atoms with van der Waals surface area (Å²) in [5, 5.41) is 14.9. The summed E-state index contributed by atoms with van der Waals surface area (Å²) < 4.78 is 1.97. The summed E-state index contributed by atoms with van der Waals surface area (Å²) in [6, 6.07) is 12.4. The molecule has 4 aromatic rings. The first-order chi connectivity index (χ1) is 17.8. The summed E-state index contributed by atoms with van der Waals surface area (Å²) >= 11 is 13.5. The summed E-state index contributed by atoms with van der Waals surface area (Å²) in [5.41, 5.74) is 3.63. The van der Waals surface area contributed by atoms with Crippen molar-refractivity contribution in [2.45, 2.75) is 32.2 Å². The van der Waals surface area contributed by atoms with E-state index in [1.807, 2.05) is 46.0 Å². The lowest BCUT2D eigenvalue weighted by Gasteiger charge is -2.30. The molecule has 1 amide bonds. The fourth-order valence-corrected chi connectivity index (χ4v) is 5.81. The van der Waals surface area contributed by atoms with Crippen molar-refractivity contribution >= 4 is 46.1 Å². The first-order valence-electron chi connectivity index (χ1n) is 11.8. The van der Waals surface area contributed by atoms with E-state index < -0.39 is 4.92 Å². The monoisotopic (exact) mass is 555 g/mol. The van der Waals surface area contributed by atoms with Crippen molar-refractivity contribution in [2.75, 3.05) is 13.1 Å². The van der Waals surface area contributed by atoms with Crippen LogP contribution in [0.5, 0.6) is 0 Å². The fourth-order valence-electron chi connectivity index (χ4n) is 4.50. The summed E-state index contributed by atoms with van der Waals surface area (Å²) in [4.78, 5) is 35.0. The molecule has 0 atom stereocenters. The Kier molecular flexibility index (Phi) is 7.28. The van der Waals surface area contributed by atoms with Crippen molar-refractivity contribution in [3.63, 3.8) is 0 Å². The van der Waals surface area contributed by atoms with Gasteiger partial charge in [-0.05, 0) is 43.5 Å². The van der Waals surface area contributed by atoms with Crippen LogP contribution >= 0.6 is 34.5 Å². The molecule has 1 aliphatic heterocycles. The molecule has 2 aromatic carbocycles. The highest BCUT2D eigenvalue weighted by Crippen LogP contribution is 2.35. The van der Waals surface area contributed by atoms with Gasteiger partial charge in [0.1, 0.15) is 10.7 Å². The molecule has 2 aromatic heterocycles. The lowest BCUT2D eigenvalue weighted by Crippen LogP contribution is -2.38. The Balaban J connectivity index is 1.22. The maximum Gasteiger partial charge on any atom is 0.288 e. The van der Waals surface area contributed by atoms with Crippen LogP contribution in [0.2, 0.25) is 10.0 Å². The molecule has 37 heavy (non-hydrogen) atoms. The second-order valence-corrected chi connectivity index (χ2v) is 10.7. The lowest BCUT2D eigenvalue weighted by atomic mass is 9.97. The van der Waals surface area contributed by atoms with E-state index in [4.69, 9.17) is 28.2 Å². The number of halogens is 2. The maximum absolute atomic E-state index is 13.2. The molecule has 0 bridgehead atoms. The third-order valence-electron chi connectivity index (χ3n) is 6.66. The average molecular weight is 556 g/mol. The van der Waals surface area contributed by atoms with Gasteiger partial charge in [0.15, 0.2) is 0 Å². The Morgan fingerprint density at radius 2 is 1.89 bits per heavy atom. The number of rotatable bonds is 6. The number of amides is 1. The van der Waals surface area contributed by atoms with Crippen LogP contribution in [-0.4, -0.2) is 43.4 Å². The molecule has 0 N–H and O–H groups in total. The number of piperidine rings is 1. The zero-order chi connectivity index (χ0) is 26.1. The predicted molar refractivity (Wildman–Crippen MR) is 145 cm³/mol. The van der Waals surface area contributed by atoms with Crippen LogP contribution < -0.4 is 0 Å². The van der Waals surface area contributed by atoms with Crippen LogP contribution in [0.25, 0.3) is 11.3 Å². The van der Waals surface area contributed by atoms with Gasteiger partial charge in [-0.2, -0.15) is 0 Å². The zero-order valence-electron chi connectivity index (χ0n) is 19.9. The van der Waals surface area contributed by atoms with E-state index >= 15 is 0 Å². The van der Waals surface area contributed by atoms with Gasteiger partial charge in [0, 0.05) is 53.3 Å². The Morgan fingerprint density at radius 3 is 2.59 bits per heavy atom. The number of nitro benzene ring substituents is 1. The highest BCUT2D eigenvalue weighted by molar-refractivity contribution is 7.10. The molecule has 5 rings (SSSR count). The molecular weight excluding hydrogens is 533 g/mol. The Labute approximate surface area is 227 Å². The van der Waals surface area contributed by atoms with Crippen LogP contribution in [-0.2, 0) is 6.54 Å². The van der Waals surface area contributed by atoms with Crippen molar-refractivity contribution in [3.8, 4) is 11.3 Å². The molecule has 8 nitrogen and oxygen atoms in total. The van der Waals surface area contributed by atoms with Crippen LogP contribution in [0.15, 0.2) is 54.2 Å². The van der Waals surface area contributed by atoms with Gasteiger partial charge in [-0.3, -0.25) is 14.9 Å². The molecule has 1 fully saturated rings. The molecule has 0 saturated carbocycles. The highest BCUT2D eigenvalue weighted by atomic mass is 35.5. The van der Waals surface area contributed by atoms with E-state index in [-0.39, 0.29) is 22.5 Å². The molecule has 0 aliphatic carbocycles. The summed E-state index contributed by atoms with van der Waals surface area (Å²) in [6.45, 7) is 3.78. The van der Waals surface area contributed by atoms with E-state index in [0.29, 0.717) is 41.6 Å². The van der Waals surface area contributed by atoms with Crippen LogP contribution in [0.4, 0.5) is 5.69 Å². The number of thiazole rings is 1. The van der Waals surface area contributed by atoms with Crippen molar-refractivity contribution in [3.05, 3.63) is 96.3 Å². The average Bonchev–Trinajstić information content (AvgIpc) is 3.53. The third-order valence-corrected chi connectivity index (χ3v) is 8.24. The van der Waals surface area contributed by atoms with Gasteiger partial charge in [0.2, 0.25) is 0 Å². The predicted octanol–water partition coefficient (Wildman–Crippen LogP) is 6.60. The molecule has 1 saturated heterocycles. The molecule has 3 heterocycles. The van der Waals surface area contributed by atoms with Crippen molar-refractivity contribution in [2.24, 2.45) is 0 Å². The largest absolute Gasteiger partial charge is 0.337 e. The minimum Gasteiger partial charge on any atom is -0.337 e. The van der Waals surface area contributed by atoms with Crippen LogP contribution in [0.3, 0.4) is 0 Å². The molecule has 0 radical (unpaired) electrons. The van der Waals surface area contributed by atoms with E-state index in [0.717, 1.165) is 29.1 Å².